The van der Waals surface area contributed by atoms with Gasteiger partial charge in [-0.05, 0) is 24.6 Å². The van der Waals surface area contributed by atoms with Gasteiger partial charge in [-0.15, -0.1) is 10.2 Å². The van der Waals surface area contributed by atoms with Gasteiger partial charge >= 0.3 is 6.03 Å². The lowest BCUT2D eigenvalue weighted by atomic mass is 10.3. The van der Waals surface area contributed by atoms with E-state index < -0.39 is 16.1 Å². The van der Waals surface area contributed by atoms with Crippen LogP contribution >= 0.6 is 0 Å². The van der Waals surface area contributed by atoms with Crippen LogP contribution in [0.5, 0.6) is 0 Å². The summed E-state index contributed by atoms with van der Waals surface area (Å²) in [5, 5.41) is 13.7. The molecule has 0 fully saturated rings. The molecule has 140 valence electrons. The van der Waals surface area contributed by atoms with E-state index in [1.807, 2.05) is 0 Å². The van der Waals surface area contributed by atoms with Crippen molar-refractivity contribution in [1.29, 1.82) is 0 Å². The summed E-state index contributed by atoms with van der Waals surface area (Å²) in [5.41, 5.74) is 0.411. The average Bonchev–Trinajstić information content (AvgIpc) is 3.19. The minimum atomic E-state index is -3.54. The number of benzene rings is 1. The van der Waals surface area contributed by atoms with E-state index in [4.69, 9.17) is 0 Å². The molecule has 2 heterocycles. The summed E-state index contributed by atoms with van der Waals surface area (Å²) in [5.74, 6) is 1.88. The molecule has 0 spiro atoms. The Hall–Kier alpha value is -2.46. The number of rotatable bonds is 6. The second kappa shape index (κ2) is 7.42. The molecule has 3 rings (SSSR count). The molecule has 2 amide bonds. The van der Waals surface area contributed by atoms with Crippen molar-refractivity contribution in [3.8, 4) is 0 Å². The summed E-state index contributed by atoms with van der Waals surface area (Å²) in [7, 11) is -0.621. The number of anilines is 1. The zero-order valence-corrected chi connectivity index (χ0v) is 15.6. The maximum absolute atomic E-state index is 12.1. The number of sulfonamides is 1. The van der Waals surface area contributed by atoms with E-state index in [1.54, 1.807) is 12.1 Å². The Bertz CT molecular complexity index is 906. The number of carbonyl (C=O) groups excluding carboxylic acids is 1. The molecule has 0 aliphatic carbocycles. The molecule has 1 aliphatic rings. The topological polar surface area (TPSA) is 109 Å². The predicted molar refractivity (Wildman–Crippen MR) is 96.4 cm³/mol. The number of fused-ring (bicyclic) bond motifs is 1. The Morgan fingerprint density at radius 2 is 2.12 bits per heavy atom. The van der Waals surface area contributed by atoms with Crippen LogP contribution in [-0.4, -0.2) is 54.2 Å². The first kappa shape index (κ1) is 18.3. The van der Waals surface area contributed by atoms with Crippen LogP contribution in [0, 0.1) is 0 Å². The summed E-state index contributed by atoms with van der Waals surface area (Å²) in [6, 6.07) is 5.75. The van der Waals surface area contributed by atoms with Gasteiger partial charge in [0.25, 0.3) is 0 Å². The van der Waals surface area contributed by atoms with Gasteiger partial charge in [-0.3, -0.25) is 0 Å². The number of aryl methyl sites for hydroxylation is 1. The van der Waals surface area contributed by atoms with Gasteiger partial charge in [0.05, 0.1) is 4.90 Å². The van der Waals surface area contributed by atoms with Gasteiger partial charge in [0, 0.05) is 45.7 Å². The zero-order chi connectivity index (χ0) is 18.7. The minimum absolute atomic E-state index is 0.124. The summed E-state index contributed by atoms with van der Waals surface area (Å²) in [6.45, 7) is 1.34. The largest absolute Gasteiger partial charge is 0.337 e. The first-order valence-electron chi connectivity index (χ1n) is 8.36. The normalized spacial score (nSPS) is 13.7. The fourth-order valence-electron chi connectivity index (χ4n) is 2.80. The van der Waals surface area contributed by atoms with Gasteiger partial charge in [0.2, 0.25) is 10.0 Å². The van der Waals surface area contributed by atoms with Crippen LogP contribution in [0.1, 0.15) is 18.1 Å². The third-order valence-corrected chi connectivity index (χ3v) is 6.00. The van der Waals surface area contributed by atoms with E-state index in [1.165, 1.54) is 26.2 Å². The molecule has 0 bridgehead atoms. The standard InChI is InChI=1S/C16H22N6O3S/c1-21(2)26(24,25)13-6-3-5-12(11-13)18-16(23)17-9-8-15-20-19-14-7-4-10-22(14)15/h3,5-6,11H,4,7-10H2,1-2H3,(H2,17,18,23). The molecule has 0 radical (unpaired) electrons. The molecule has 9 nitrogen and oxygen atoms in total. The number of amides is 2. The molecule has 1 aromatic carbocycles. The van der Waals surface area contributed by atoms with Gasteiger partial charge in [0.15, 0.2) is 0 Å². The van der Waals surface area contributed by atoms with E-state index in [0.717, 1.165) is 35.3 Å². The zero-order valence-electron chi connectivity index (χ0n) is 14.8. The number of aromatic nitrogens is 3. The SMILES string of the molecule is CN(C)S(=O)(=O)c1cccc(NC(=O)NCCc2nnc3n2CCC3)c1. The third-order valence-electron chi connectivity index (χ3n) is 4.19. The van der Waals surface area contributed by atoms with Crippen molar-refractivity contribution in [3.63, 3.8) is 0 Å². The predicted octanol–water partition coefficient (Wildman–Crippen LogP) is 0.839. The summed E-state index contributed by atoms with van der Waals surface area (Å²) < 4.78 is 27.5. The molecule has 0 atom stereocenters. The molecule has 1 aromatic heterocycles. The maximum Gasteiger partial charge on any atom is 0.319 e. The van der Waals surface area contributed by atoms with Crippen molar-refractivity contribution in [2.75, 3.05) is 26.0 Å². The Balaban J connectivity index is 1.55. The Kier molecular flexibility index (Phi) is 5.23. The highest BCUT2D eigenvalue weighted by molar-refractivity contribution is 7.89. The van der Waals surface area contributed by atoms with Crippen LogP contribution in [0.15, 0.2) is 29.2 Å². The molecule has 2 aromatic rings. The molecule has 26 heavy (non-hydrogen) atoms. The average molecular weight is 378 g/mol. The number of hydrogen-bond donors (Lipinski definition) is 2. The van der Waals surface area contributed by atoms with Gasteiger partial charge in [0.1, 0.15) is 11.6 Å². The molecule has 10 heteroatoms. The lowest BCUT2D eigenvalue weighted by Gasteiger charge is -2.13. The first-order valence-corrected chi connectivity index (χ1v) is 9.80. The molecule has 1 aliphatic heterocycles. The lowest BCUT2D eigenvalue weighted by molar-refractivity contribution is 0.252. The van der Waals surface area contributed by atoms with Crippen molar-refractivity contribution >= 4 is 21.7 Å². The fraction of sp³-hybridized carbons (Fsp3) is 0.438. The highest BCUT2D eigenvalue weighted by Crippen LogP contribution is 2.18. The van der Waals surface area contributed by atoms with Crippen molar-refractivity contribution in [3.05, 3.63) is 35.9 Å². The highest BCUT2D eigenvalue weighted by Gasteiger charge is 2.18. The molecule has 0 saturated heterocycles. The molecule has 0 saturated carbocycles. The van der Waals surface area contributed by atoms with Crippen LogP contribution in [-0.2, 0) is 29.4 Å². The van der Waals surface area contributed by atoms with E-state index in [2.05, 4.69) is 25.4 Å². The van der Waals surface area contributed by atoms with Crippen LogP contribution < -0.4 is 10.6 Å². The highest BCUT2D eigenvalue weighted by atomic mass is 32.2. The van der Waals surface area contributed by atoms with Crippen LogP contribution in [0.25, 0.3) is 0 Å². The minimum Gasteiger partial charge on any atom is -0.337 e. The number of carbonyl (C=O) groups is 1. The van der Waals surface area contributed by atoms with Crippen LogP contribution in [0.4, 0.5) is 10.5 Å². The van der Waals surface area contributed by atoms with Gasteiger partial charge < -0.3 is 15.2 Å². The third kappa shape index (κ3) is 3.86. The molecule has 2 N–H and O–H groups in total. The van der Waals surface area contributed by atoms with Gasteiger partial charge in [-0.2, -0.15) is 0 Å². The monoisotopic (exact) mass is 378 g/mol. The Morgan fingerprint density at radius 1 is 1.31 bits per heavy atom. The van der Waals surface area contributed by atoms with E-state index in [9.17, 15) is 13.2 Å². The van der Waals surface area contributed by atoms with Crippen molar-refractivity contribution in [2.24, 2.45) is 0 Å². The van der Waals surface area contributed by atoms with Gasteiger partial charge in [-0.25, -0.2) is 17.5 Å². The van der Waals surface area contributed by atoms with Crippen LogP contribution in [0.3, 0.4) is 0 Å². The number of nitrogens with zero attached hydrogens (tertiary/aromatic N) is 4. The fourth-order valence-corrected chi connectivity index (χ4v) is 3.75. The lowest BCUT2D eigenvalue weighted by Crippen LogP contribution is -2.31. The maximum atomic E-state index is 12.1. The van der Waals surface area contributed by atoms with Crippen LogP contribution in [0.2, 0.25) is 0 Å². The first-order chi connectivity index (χ1) is 12.4. The summed E-state index contributed by atoms with van der Waals surface area (Å²) in [4.78, 5) is 12.2. The number of hydrogen-bond acceptors (Lipinski definition) is 5. The molecular formula is C16H22N6O3S. The van der Waals surface area contributed by atoms with E-state index >= 15 is 0 Å². The Morgan fingerprint density at radius 3 is 2.88 bits per heavy atom. The Labute approximate surface area is 152 Å². The number of nitrogens with one attached hydrogen (secondary N) is 2. The molecular weight excluding hydrogens is 356 g/mol. The second-order valence-electron chi connectivity index (χ2n) is 6.23. The molecule has 0 unspecified atom stereocenters. The van der Waals surface area contributed by atoms with E-state index in [-0.39, 0.29) is 4.90 Å². The van der Waals surface area contributed by atoms with Crippen molar-refractivity contribution in [2.45, 2.75) is 30.7 Å². The quantitative estimate of drug-likeness (QED) is 0.774. The number of urea groups is 1. The smallest absolute Gasteiger partial charge is 0.319 e. The van der Waals surface area contributed by atoms with E-state index in [0.29, 0.717) is 18.7 Å². The van der Waals surface area contributed by atoms with Crippen molar-refractivity contribution < 1.29 is 13.2 Å². The van der Waals surface area contributed by atoms with Crippen molar-refractivity contribution in [1.82, 2.24) is 24.4 Å². The van der Waals surface area contributed by atoms with Gasteiger partial charge in [-0.1, -0.05) is 6.07 Å². The summed E-state index contributed by atoms with van der Waals surface area (Å²) >= 11 is 0. The summed E-state index contributed by atoms with van der Waals surface area (Å²) in [6.07, 6.45) is 2.63. The second-order valence-corrected chi connectivity index (χ2v) is 8.39.